The average molecular weight is 258 g/mol. The Kier molecular flexibility index (Phi) is 3.87. The highest BCUT2D eigenvalue weighted by Crippen LogP contribution is 2.38. The number of amides is 1. The molecule has 1 amide bonds. The molecule has 0 heterocycles. The number of carbonyl (C=O) groups excluding carboxylic acids is 1. The number of rotatable bonds is 4. The minimum absolute atomic E-state index is 0.0938. The Hall–Kier alpha value is -1.86. The molecule has 1 aliphatic carbocycles. The zero-order valence-electron chi connectivity index (χ0n) is 11.3. The van der Waals surface area contributed by atoms with Gasteiger partial charge in [-0.2, -0.15) is 5.26 Å². The number of anilines is 1. The van der Waals surface area contributed by atoms with Crippen molar-refractivity contribution in [1.29, 1.82) is 5.26 Å². The zero-order valence-corrected chi connectivity index (χ0v) is 11.3. The van der Waals surface area contributed by atoms with Crippen LogP contribution in [-0.2, 0) is 9.53 Å². The second-order valence-corrected chi connectivity index (χ2v) is 5.07. The van der Waals surface area contributed by atoms with Crippen molar-refractivity contribution < 1.29 is 9.53 Å². The molecule has 4 heteroatoms. The molecule has 0 aromatic heterocycles. The topological polar surface area (TPSA) is 62.1 Å². The van der Waals surface area contributed by atoms with Crippen LogP contribution in [0.3, 0.4) is 0 Å². The van der Waals surface area contributed by atoms with Crippen molar-refractivity contribution in [2.24, 2.45) is 0 Å². The number of benzene rings is 1. The van der Waals surface area contributed by atoms with Crippen LogP contribution in [0.2, 0.25) is 0 Å². The van der Waals surface area contributed by atoms with Crippen LogP contribution >= 0.6 is 0 Å². The largest absolute Gasteiger partial charge is 0.378 e. The van der Waals surface area contributed by atoms with Crippen LogP contribution < -0.4 is 5.32 Å². The lowest BCUT2D eigenvalue weighted by molar-refractivity contribution is -0.129. The van der Waals surface area contributed by atoms with Crippen LogP contribution in [-0.4, -0.2) is 18.6 Å². The Labute approximate surface area is 113 Å². The Balaban J connectivity index is 2.07. The Morgan fingerprint density at radius 1 is 1.53 bits per heavy atom. The van der Waals surface area contributed by atoms with Gasteiger partial charge in [-0.1, -0.05) is 12.1 Å². The van der Waals surface area contributed by atoms with E-state index >= 15 is 0 Å². The number of nitrogens with zero attached hydrogens (tertiary/aromatic N) is 1. The molecule has 19 heavy (non-hydrogen) atoms. The number of carbonyl (C=O) groups is 1. The standard InChI is InChI=1S/C15H18N2O2/c1-11-5-3-6-13(12(11)10-16)17-14(18)9-15(19-2)7-4-8-15/h3,5-6H,4,7-9H2,1-2H3,(H,17,18). The van der Waals surface area contributed by atoms with Gasteiger partial charge in [0.05, 0.1) is 23.3 Å². The molecule has 2 rings (SSSR count). The van der Waals surface area contributed by atoms with E-state index in [1.807, 2.05) is 19.1 Å². The molecule has 1 aromatic rings. The van der Waals surface area contributed by atoms with Gasteiger partial charge in [-0.15, -0.1) is 0 Å². The quantitative estimate of drug-likeness (QED) is 0.903. The maximum Gasteiger partial charge on any atom is 0.227 e. The van der Waals surface area contributed by atoms with E-state index in [0.29, 0.717) is 17.7 Å². The molecular weight excluding hydrogens is 240 g/mol. The summed E-state index contributed by atoms with van der Waals surface area (Å²) in [6.45, 7) is 1.86. The fourth-order valence-electron chi connectivity index (χ4n) is 2.43. The van der Waals surface area contributed by atoms with Gasteiger partial charge < -0.3 is 10.1 Å². The second kappa shape index (κ2) is 5.41. The zero-order chi connectivity index (χ0) is 13.9. The number of nitriles is 1. The van der Waals surface area contributed by atoms with E-state index in [0.717, 1.165) is 24.8 Å². The van der Waals surface area contributed by atoms with Crippen LogP contribution in [0.1, 0.15) is 36.8 Å². The molecule has 0 spiro atoms. The maximum atomic E-state index is 12.1. The summed E-state index contributed by atoms with van der Waals surface area (Å²) in [6.07, 6.45) is 3.31. The lowest BCUT2D eigenvalue weighted by Crippen LogP contribution is -2.42. The summed E-state index contributed by atoms with van der Waals surface area (Å²) >= 11 is 0. The summed E-state index contributed by atoms with van der Waals surface area (Å²) in [6, 6.07) is 7.57. The number of nitrogens with one attached hydrogen (secondary N) is 1. The van der Waals surface area contributed by atoms with Crippen molar-refractivity contribution in [3.8, 4) is 6.07 Å². The molecule has 1 saturated carbocycles. The maximum absolute atomic E-state index is 12.1. The lowest BCUT2D eigenvalue weighted by Gasteiger charge is -2.39. The molecule has 1 aliphatic rings. The van der Waals surface area contributed by atoms with E-state index in [4.69, 9.17) is 10.00 Å². The fraction of sp³-hybridized carbons (Fsp3) is 0.467. The predicted molar refractivity (Wildman–Crippen MR) is 72.7 cm³/mol. The number of hydrogen-bond acceptors (Lipinski definition) is 3. The molecule has 0 aliphatic heterocycles. The predicted octanol–water partition coefficient (Wildman–Crippen LogP) is 2.76. The van der Waals surface area contributed by atoms with Crippen LogP contribution in [0.5, 0.6) is 0 Å². The highest BCUT2D eigenvalue weighted by molar-refractivity contribution is 5.93. The third-order valence-corrected chi connectivity index (χ3v) is 3.84. The number of hydrogen-bond donors (Lipinski definition) is 1. The molecule has 100 valence electrons. The van der Waals surface area contributed by atoms with Gasteiger partial charge in [0.1, 0.15) is 6.07 Å². The normalized spacial score (nSPS) is 16.3. The molecule has 0 bridgehead atoms. The van der Waals surface area contributed by atoms with E-state index < -0.39 is 0 Å². The first-order valence-electron chi connectivity index (χ1n) is 6.45. The molecule has 4 nitrogen and oxygen atoms in total. The number of methoxy groups -OCH3 is 1. The van der Waals surface area contributed by atoms with Gasteiger partial charge in [0, 0.05) is 7.11 Å². The van der Waals surface area contributed by atoms with Crippen molar-refractivity contribution in [3.63, 3.8) is 0 Å². The summed E-state index contributed by atoms with van der Waals surface area (Å²) in [4.78, 5) is 12.1. The van der Waals surface area contributed by atoms with E-state index in [1.165, 1.54) is 0 Å². The van der Waals surface area contributed by atoms with Gasteiger partial charge in [0.15, 0.2) is 0 Å². The van der Waals surface area contributed by atoms with Crippen molar-refractivity contribution in [1.82, 2.24) is 0 Å². The first-order valence-corrected chi connectivity index (χ1v) is 6.45. The van der Waals surface area contributed by atoms with Gasteiger partial charge >= 0.3 is 0 Å². The van der Waals surface area contributed by atoms with Crippen LogP contribution in [0.4, 0.5) is 5.69 Å². The summed E-state index contributed by atoms with van der Waals surface area (Å²) in [5, 5.41) is 11.9. The van der Waals surface area contributed by atoms with Gasteiger partial charge in [0.2, 0.25) is 5.91 Å². The van der Waals surface area contributed by atoms with Crippen molar-refractivity contribution >= 4 is 11.6 Å². The highest BCUT2D eigenvalue weighted by atomic mass is 16.5. The van der Waals surface area contributed by atoms with Crippen molar-refractivity contribution in [2.45, 2.75) is 38.2 Å². The molecular formula is C15H18N2O2. The van der Waals surface area contributed by atoms with E-state index in [2.05, 4.69) is 11.4 Å². The molecule has 0 radical (unpaired) electrons. The van der Waals surface area contributed by atoms with E-state index in [-0.39, 0.29) is 11.5 Å². The van der Waals surface area contributed by atoms with Crippen LogP contribution in [0, 0.1) is 18.3 Å². The summed E-state index contributed by atoms with van der Waals surface area (Å²) in [7, 11) is 1.65. The van der Waals surface area contributed by atoms with Gasteiger partial charge in [0.25, 0.3) is 0 Å². The van der Waals surface area contributed by atoms with Crippen molar-refractivity contribution in [2.75, 3.05) is 12.4 Å². The molecule has 1 fully saturated rings. The fourth-order valence-corrected chi connectivity index (χ4v) is 2.43. The van der Waals surface area contributed by atoms with E-state index in [1.54, 1.807) is 13.2 Å². The number of ether oxygens (including phenoxy) is 1. The highest BCUT2D eigenvalue weighted by Gasteiger charge is 2.39. The minimum Gasteiger partial charge on any atom is -0.378 e. The van der Waals surface area contributed by atoms with Crippen LogP contribution in [0.25, 0.3) is 0 Å². The average Bonchev–Trinajstić information content (AvgIpc) is 2.34. The third kappa shape index (κ3) is 2.77. The van der Waals surface area contributed by atoms with E-state index in [9.17, 15) is 4.79 Å². The third-order valence-electron chi connectivity index (χ3n) is 3.84. The minimum atomic E-state index is -0.291. The van der Waals surface area contributed by atoms with Gasteiger partial charge in [-0.25, -0.2) is 0 Å². The summed E-state index contributed by atoms with van der Waals surface area (Å²) in [5.74, 6) is -0.0938. The van der Waals surface area contributed by atoms with Crippen molar-refractivity contribution in [3.05, 3.63) is 29.3 Å². The summed E-state index contributed by atoms with van der Waals surface area (Å²) < 4.78 is 5.44. The Bertz CT molecular complexity index is 522. The molecule has 0 atom stereocenters. The smallest absolute Gasteiger partial charge is 0.227 e. The first-order chi connectivity index (χ1) is 9.10. The second-order valence-electron chi connectivity index (χ2n) is 5.07. The molecule has 0 unspecified atom stereocenters. The summed E-state index contributed by atoms with van der Waals surface area (Å²) in [5.41, 5.74) is 1.68. The SMILES string of the molecule is COC1(CC(=O)Nc2cccc(C)c2C#N)CCC1. The molecule has 1 N–H and O–H groups in total. The monoisotopic (exact) mass is 258 g/mol. The number of aryl methyl sites for hydroxylation is 1. The Morgan fingerprint density at radius 2 is 2.26 bits per heavy atom. The Morgan fingerprint density at radius 3 is 2.79 bits per heavy atom. The molecule has 1 aromatic carbocycles. The lowest BCUT2D eigenvalue weighted by atomic mass is 9.77. The molecule has 0 saturated heterocycles. The van der Waals surface area contributed by atoms with Crippen LogP contribution in [0.15, 0.2) is 18.2 Å². The van der Waals surface area contributed by atoms with Gasteiger partial charge in [-0.3, -0.25) is 4.79 Å². The first kappa shape index (κ1) is 13.6. The van der Waals surface area contributed by atoms with Gasteiger partial charge in [-0.05, 0) is 37.8 Å².